The van der Waals surface area contributed by atoms with Crippen molar-refractivity contribution in [1.82, 2.24) is 24.4 Å². The zero-order valence-electron chi connectivity index (χ0n) is 11.0. The molecule has 0 amide bonds. The minimum absolute atomic E-state index is 0.134. The Hall–Kier alpha value is -2.39. The Morgan fingerprint density at radius 1 is 1.33 bits per heavy atom. The van der Waals surface area contributed by atoms with E-state index >= 15 is 0 Å². The number of fused-ring (bicyclic) bond motifs is 1. The Morgan fingerprint density at radius 3 is 2.90 bits per heavy atom. The van der Waals surface area contributed by atoms with Gasteiger partial charge in [0.2, 0.25) is 5.88 Å². The van der Waals surface area contributed by atoms with E-state index in [0.29, 0.717) is 17.7 Å². The largest absolute Gasteiger partial charge is 0.505 e. The summed E-state index contributed by atoms with van der Waals surface area (Å²) in [5.41, 5.74) is 6.57. The lowest BCUT2D eigenvalue weighted by Crippen LogP contribution is -2.31. The molecule has 4 N–H and O–H groups in total. The number of aromatic nitrogens is 4. The van der Waals surface area contributed by atoms with Crippen molar-refractivity contribution in [3.05, 3.63) is 18.4 Å². The van der Waals surface area contributed by atoms with E-state index in [4.69, 9.17) is 10.5 Å². The van der Waals surface area contributed by atoms with Crippen LogP contribution in [0, 0.1) is 0 Å². The van der Waals surface area contributed by atoms with Gasteiger partial charge in [0.15, 0.2) is 28.8 Å². The third kappa shape index (κ3) is 1.89. The standard InChI is InChI=1S/C12H14N6O3/c13-10-7-11(15-4-14-10)18(5-16-7)12-9(20)8(19)6(21-12)3-17-1-2-17/h4-6,8,19-20H,1-3H2,(H2,13,14,15)/t6-,8?/m1/s1. The normalized spacial score (nSPS) is 25.6. The number of hydrogen-bond acceptors (Lipinski definition) is 8. The summed E-state index contributed by atoms with van der Waals surface area (Å²) in [6, 6.07) is 0. The first kappa shape index (κ1) is 12.4. The molecule has 21 heavy (non-hydrogen) atoms. The van der Waals surface area contributed by atoms with Crippen LogP contribution in [-0.2, 0) is 4.74 Å². The predicted molar refractivity (Wildman–Crippen MR) is 72.9 cm³/mol. The molecule has 0 spiro atoms. The van der Waals surface area contributed by atoms with Crippen molar-refractivity contribution in [3.63, 3.8) is 0 Å². The second-order valence-corrected chi connectivity index (χ2v) is 5.14. The average molecular weight is 290 g/mol. The molecule has 0 saturated carbocycles. The van der Waals surface area contributed by atoms with Gasteiger partial charge >= 0.3 is 0 Å². The van der Waals surface area contributed by atoms with Gasteiger partial charge in [0.25, 0.3) is 0 Å². The van der Waals surface area contributed by atoms with Crippen LogP contribution in [0.5, 0.6) is 0 Å². The van der Waals surface area contributed by atoms with Crippen molar-refractivity contribution in [1.29, 1.82) is 0 Å². The second kappa shape index (κ2) is 4.30. The lowest BCUT2D eigenvalue weighted by atomic mass is 10.2. The van der Waals surface area contributed by atoms with Crippen molar-refractivity contribution in [2.24, 2.45) is 0 Å². The molecule has 2 aliphatic heterocycles. The van der Waals surface area contributed by atoms with Crippen LogP contribution in [0.1, 0.15) is 0 Å². The van der Waals surface area contributed by atoms with Gasteiger partial charge in [0.1, 0.15) is 18.8 Å². The summed E-state index contributed by atoms with van der Waals surface area (Å²) < 4.78 is 7.16. The van der Waals surface area contributed by atoms with Crippen LogP contribution in [0.4, 0.5) is 5.82 Å². The monoisotopic (exact) mass is 290 g/mol. The third-order valence-electron chi connectivity index (χ3n) is 3.67. The molecule has 1 saturated heterocycles. The zero-order valence-corrected chi connectivity index (χ0v) is 11.0. The van der Waals surface area contributed by atoms with Gasteiger partial charge in [-0.3, -0.25) is 4.90 Å². The predicted octanol–water partition coefficient (Wildman–Crippen LogP) is -0.832. The van der Waals surface area contributed by atoms with Crippen LogP contribution in [0.2, 0.25) is 0 Å². The van der Waals surface area contributed by atoms with Gasteiger partial charge in [0, 0.05) is 19.6 Å². The van der Waals surface area contributed by atoms with E-state index in [-0.39, 0.29) is 17.5 Å². The van der Waals surface area contributed by atoms with E-state index in [2.05, 4.69) is 19.9 Å². The molecule has 4 rings (SSSR count). The van der Waals surface area contributed by atoms with E-state index in [1.165, 1.54) is 17.2 Å². The van der Waals surface area contributed by atoms with Gasteiger partial charge in [-0.15, -0.1) is 0 Å². The Kier molecular flexibility index (Phi) is 2.53. The fourth-order valence-corrected chi connectivity index (χ4v) is 2.40. The van der Waals surface area contributed by atoms with Gasteiger partial charge in [-0.25, -0.2) is 19.5 Å². The minimum Gasteiger partial charge on any atom is -0.505 e. The first-order valence-corrected chi connectivity index (χ1v) is 6.59. The molecular formula is C12H14N6O3. The fraction of sp³-hybridized carbons (Fsp3) is 0.417. The number of ether oxygens (including phenoxy) is 1. The highest BCUT2D eigenvalue weighted by Gasteiger charge is 2.39. The number of imidazole rings is 1. The Morgan fingerprint density at radius 2 is 2.14 bits per heavy atom. The van der Waals surface area contributed by atoms with E-state index in [1.54, 1.807) is 0 Å². The summed E-state index contributed by atoms with van der Waals surface area (Å²) in [5, 5.41) is 20.2. The maximum Gasteiger partial charge on any atom is 0.243 e. The highest BCUT2D eigenvalue weighted by molar-refractivity contribution is 5.83. The van der Waals surface area contributed by atoms with Crippen molar-refractivity contribution in [3.8, 4) is 0 Å². The topological polar surface area (TPSA) is 122 Å². The quantitative estimate of drug-likeness (QED) is 0.626. The fourth-order valence-electron chi connectivity index (χ4n) is 2.40. The number of rotatable bonds is 3. The van der Waals surface area contributed by atoms with Crippen molar-refractivity contribution in [2.45, 2.75) is 12.2 Å². The molecule has 0 radical (unpaired) electrons. The summed E-state index contributed by atoms with van der Waals surface area (Å²) >= 11 is 0. The number of aliphatic hydroxyl groups excluding tert-OH is 2. The first-order valence-electron chi connectivity index (χ1n) is 6.59. The van der Waals surface area contributed by atoms with E-state index < -0.39 is 12.2 Å². The molecule has 2 atom stereocenters. The smallest absolute Gasteiger partial charge is 0.243 e. The maximum absolute atomic E-state index is 10.1. The minimum atomic E-state index is -1.06. The molecule has 1 fully saturated rings. The van der Waals surface area contributed by atoms with Crippen LogP contribution >= 0.6 is 0 Å². The van der Waals surface area contributed by atoms with Crippen molar-refractivity contribution in [2.75, 3.05) is 25.4 Å². The molecule has 0 bridgehead atoms. The lowest BCUT2D eigenvalue weighted by Gasteiger charge is -2.15. The summed E-state index contributed by atoms with van der Waals surface area (Å²) in [6.07, 6.45) is 1.19. The summed E-state index contributed by atoms with van der Waals surface area (Å²) in [4.78, 5) is 14.2. The van der Waals surface area contributed by atoms with Gasteiger partial charge in [0.05, 0.1) is 0 Å². The Balaban J connectivity index is 1.72. The van der Waals surface area contributed by atoms with Crippen molar-refractivity contribution >= 4 is 22.9 Å². The molecule has 9 heteroatoms. The molecule has 0 aromatic carbocycles. The lowest BCUT2D eigenvalue weighted by molar-refractivity contribution is 0.0426. The molecule has 110 valence electrons. The highest BCUT2D eigenvalue weighted by Crippen LogP contribution is 2.31. The molecule has 1 unspecified atom stereocenters. The number of aliphatic hydroxyl groups is 2. The van der Waals surface area contributed by atoms with Crippen LogP contribution in [0.3, 0.4) is 0 Å². The molecular weight excluding hydrogens is 276 g/mol. The van der Waals surface area contributed by atoms with Crippen LogP contribution in [0.15, 0.2) is 18.4 Å². The molecule has 2 aromatic heterocycles. The SMILES string of the molecule is Nc1ncnc2c1ncn2C1=C(O)C(O)[C@@H](CN2CC2)O1. The molecule has 2 aliphatic rings. The number of anilines is 1. The van der Waals surface area contributed by atoms with Gasteiger partial charge in [-0.05, 0) is 0 Å². The number of nitrogens with two attached hydrogens (primary N) is 1. The Labute approximate surface area is 119 Å². The van der Waals surface area contributed by atoms with Crippen LogP contribution < -0.4 is 5.73 Å². The summed E-state index contributed by atoms with van der Waals surface area (Å²) in [7, 11) is 0. The number of nitrogen functional groups attached to an aromatic ring is 1. The van der Waals surface area contributed by atoms with Crippen LogP contribution in [0.25, 0.3) is 17.0 Å². The van der Waals surface area contributed by atoms with Gasteiger partial charge in [-0.2, -0.15) is 0 Å². The molecule has 9 nitrogen and oxygen atoms in total. The first-order chi connectivity index (χ1) is 10.1. The zero-order chi connectivity index (χ0) is 14.6. The Bertz CT molecular complexity index is 738. The van der Waals surface area contributed by atoms with Gasteiger partial charge in [-0.1, -0.05) is 0 Å². The molecule has 0 aliphatic carbocycles. The third-order valence-corrected chi connectivity index (χ3v) is 3.67. The average Bonchev–Trinajstić information content (AvgIpc) is 3.12. The second-order valence-electron chi connectivity index (χ2n) is 5.14. The number of nitrogens with zero attached hydrogens (tertiary/aromatic N) is 5. The van der Waals surface area contributed by atoms with Gasteiger partial charge < -0.3 is 20.7 Å². The molecule has 2 aromatic rings. The van der Waals surface area contributed by atoms with Crippen molar-refractivity contribution < 1.29 is 14.9 Å². The molecule has 4 heterocycles. The highest BCUT2D eigenvalue weighted by atomic mass is 16.5. The van der Waals surface area contributed by atoms with E-state index in [0.717, 1.165) is 13.1 Å². The van der Waals surface area contributed by atoms with E-state index in [9.17, 15) is 10.2 Å². The summed E-state index contributed by atoms with van der Waals surface area (Å²) in [5.74, 6) is 0.159. The van der Waals surface area contributed by atoms with E-state index in [1.807, 2.05) is 0 Å². The maximum atomic E-state index is 10.1. The van der Waals surface area contributed by atoms with Crippen LogP contribution in [-0.4, -0.2) is 66.5 Å². The number of hydrogen-bond donors (Lipinski definition) is 3. The summed E-state index contributed by atoms with van der Waals surface area (Å²) in [6.45, 7) is 2.54.